The predicted molar refractivity (Wildman–Crippen MR) is 113 cm³/mol. The summed E-state index contributed by atoms with van der Waals surface area (Å²) >= 11 is 2.40. The molecule has 0 saturated heterocycles. The van der Waals surface area contributed by atoms with Gasteiger partial charge in [0.15, 0.2) is 5.13 Å². The first-order valence-electron chi connectivity index (χ1n) is 8.61. The summed E-state index contributed by atoms with van der Waals surface area (Å²) in [6, 6.07) is 6.50. The van der Waals surface area contributed by atoms with Gasteiger partial charge in [0.1, 0.15) is 27.3 Å². The van der Waals surface area contributed by atoms with Gasteiger partial charge in [-0.25, -0.2) is 23.5 Å². The Morgan fingerprint density at radius 3 is 2.83 bits per heavy atom. The molecule has 7 nitrogen and oxygen atoms in total. The van der Waals surface area contributed by atoms with E-state index >= 15 is 0 Å². The fourth-order valence-corrected chi connectivity index (χ4v) is 4.36. The van der Waals surface area contributed by atoms with Gasteiger partial charge < -0.3 is 11.1 Å². The lowest BCUT2D eigenvalue weighted by Gasteiger charge is -2.04. The number of nitrogen functional groups attached to an aromatic ring is 1. The maximum Gasteiger partial charge on any atom is 0.321 e. The first kappa shape index (κ1) is 19.9. The Kier molecular flexibility index (Phi) is 5.63. The van der Waals surface area contributed by atoms with Crippen LogP contribution in [0.3, 0.4) is 0 Å². The number of nitrogens with two attached hydrogens (primary N) is 1. The SMILES string of the molecule is Nc1nc(NC(=O)NCc2cccnc2)sc1-c1nc(-c2ccc(F)cc2F)cs1. The Bertz CT molecular complexity index is 1190. The van der Waals surface area contributed by atoms with Gasteiger partial charge in [-0.15, -0.1) is 11.3 Å². The molecule has 4 rings (SSSR count). The summed E-state index contributed by atoms with van der Waals surface area (Å²) in [4.78, 5) is 25.2. The molecule has 0 saturated carbocycles. The van der Waals surface area contributed by atoms with Gasteiger partial charge in [0.25, 0.3) is 0 Å². The van der Waals surface area contributed by atoms with Crippen molar-refractivity contribution in [3.63, 3.8) is 0 Å². The van der Waals surface area contributed by atoms with Crippen LogP contribution in [-0.4, -0.2) is 21.0 Å². The van der Waals surface area contributed by atoms with Crippen molar-refractivity contribution in [2.45, 2.75) is 6.54 Å². The van der Waals surface area contributed by atoms with Crippen molar-refractivity contribution < 1.29 is 13.6 Å². The smallest absolute Gasteiger partial charge is 0.321 e. The number of carbonyl (C=O) groups excluding carboxylic acids is 1. The number of hydrogen-bond donors (Lipinski definition) is 3. The van der Waals surface area contributed by atoms with Crippen molar-refractivity contribution in [2.24, 2.45) is 0 Å². The van der Waals surface area contributed by atoms with Crippen LogP contribution in [0, 0.1) is 11.6 Å². The molecule has 0 radical (unpaired) electrons. The number of thiazole rings is 2. The molecule has 0 atom stereocenters. The number of nitrogens with zero attached hydrogens (tertiary/aromatic N) is 3. The van der Waals surface area contributed by atoms with E-state index in [0.717, 1.165) is 23.0 Å². The average Bonchev–Trinajstić information content (AvgIpc) is 3.34. The fraction of sp³-hybridized carbons (Fsp3) is 0.0526. The van der Waals surface area contributed by atoms with Gasteiger partial charge in [0, 0.05) is 35.9 Å². The lowest BCUT2D eigenvalue weighted by molar-refractivity contribution is 0.251. The second kappa shape index (κ2) is 8.51. The van der Waals surface area contributed by atoms with Gasteiger partial charge in [-0.1, -0.05) is 17.4 Å². The molecular formula is C19H14F2N6OS2. The van der Waals surface area contributed by atoms with Crippen LogP contribution >= 0.6 is 22.7 Å². The highest BCUT2D eigenvalue weighted by molar-refractivity contribution is 7.23. The number of anilines is 2. The number of pyridine rings is 1. The number of benzene rings is 1. The molecular weight excluding hydrogens is 430 g/mol. The van der Waals surface area contributed by atoms with Gasteiger partial charge in [-0.05, 0) is 23.8 Å². The van der Waals surface area contributed by atoms with E-state index in [1.165, 1.54) is 23.5 Å². The topological polar surface area (TPSA) is 106 Å². The molecule has 0 aliphatic carbocycles. The van der Waals surface area contributed by atoms with Crippen molar-refractivity contribution in [1.29, 1.82) is 0 Å². The van der Waals surface area contributed by atoms with Gasteiger partial charge in [0.05, 0.1) is 5.69 Å². The molecule has 0 aliphatic rings. The third kappa shape index (κ3) is 4.42. The Hall–Kier alpha value is -3.44. The van der Waals surface area contributed by atoms with Crippen LogP contribution in [0.5, 0.6) is 0 Å². The van der Waals surface area contributed by atoms with E-state index in [4.69, 9.17) is 5.73 Å². The van der Waals surface area contributed by atoms with Crippen molar-refractivity contribution in [3.05, 3.63) is 65.3 Å². The van der Waals surface area contributed by atoms with Crippen molar-refractivity contribution in [3.8, 4) is 21.1 Å². The van der Waals surface area contributed by atoms with E-state index in [-0.39, 0.29) is 11.4 Å². The number of halogens is 2. The molecule has 0 spiro atoms. The highest BCUT2D eigenvalue weighted by Gasteiger charge is 2.17. The third-order valence-electron chi connectivity index (χ3n) is 3.96. The number of nitrogens with one attached hydrogen (secondary N) is 2. The molecule has 1 aromatic carbocycles. The quantitative estimate of drug-likeness (QED) is 0.420. The zero-order valence-corrected chi connectivity index (χ0v) is 16.9. The normalized spacial score (nSPS) is 10.7. The predicted octanol–water partition coefficient (Wildman–Crippen LogP) is 4.51. The Morgan fingerprint density at radius 1 is 1.20 bits per heavy atom. The highest BCUT2D eigenvalue weighted by atomic mass is 32.1. The molecule has 152 valence electrons. The number of urea groups is 1. The van der Waals surface area contributed by atoms with E-state index in [2.05, 4.69) is 25.6 Å². The molecule has 3 heterocycles. The van der Waals surface area contributed by atoms with Crippen LogP contribution in [0.4, 0.5) is 24.5 Å². The summed E-state index contributed by atoms with van der Waals surface area (Å²) in [5.74, 6) is -1.16. The molecule has 0 unspecified atom stereocenters. The lowest BCUT2D eigenvalue weighted by Crippen LogP contribution is -2.28. The molecule has 4 aromatic rings. The van der Waals surface area contributed by atoms with Crippen molar-refractivity contribution in [2.75, 3.05) is 11.1 Å². The number of carbonyl (C=O) groups is 1. The van der Waals surface area contributed by atoms with E-state index in [9.17, 15) is 13.6 Å². The standard InChI is InChI=1S/C19H14F2N6OS2/c20-11-3-4-12(13(21)6-11)14-9-29-17(25-14)15-16(22)26-19(30-15)27-18(28)24-8-10-2-1-5-23-7-10/h1-7,9H,8,22H2,(H2,24,26,27,28). The molecule has 2 amide bonds. The van der Waals surface area contributed by atoms with Crippen molar-refractivity contribution >= 4 is 39.7 Å². The minimum absolute atomic E-state index is 0.190. The summed E-state index contributed by atoms with van der Waals surface area (Å²) in [5.41, 5.74) is 7.39. The molecule has 0 fully saturated rings. The van der Waals surface area contributed by atoms with Crippen LogP contribution < -0.4 is 16.4 Å². The van der Waals surface area contributed by atoms with Gasteiger partial charge in [-0.2, -0.15) is 0 Å². The number of hydrogen-bond acceptors (Lipinski definition) is 7. The minimum Gasteiger partial charge on any atom is -0.382 e. The lowest BCUT2D eigenvalue weighted by atomic mass is 10.1. The monoisotopic (exact) mass is 444 g/mol. The van der Waals surface area contributed by atoms with Crippen LogP contribution in [0.2, 0.25) is 0 Å². The Labute approximate surface area is 177 Å². The second-order valence-electron chi connectivity index (χ2n) is 6.06. The summed E-state index contributed by atoms with van der Waals surface area (Å²) in [6.45, 7) is 0.312. The Morgan fingerprint density at radius 2 is 2.07 bits per heavy atom. The summed E-state index contributed by atoms with van der Waals surface area (Å²) < 4.78 is 27.1. The fourth-order valence-electron chi connectivity index (χ4n) is 2.56. The first-order chi connectivity index (χ1) is 14.5. The summed E-state index contributed by atoms with van der Waals surface area (Å²) in [5, 5.41) is 7.81. The first-order valence-corrected chi connectivity index (χ1v) is 10.3. The number of aromatic nitrogens is 3. The molecule has 4 N–H and O–H groups in total. The molecule has 3 aromatic heterocycles. The van der Waals surface area contributed by atoms with Gasteiger partial charge in [0.2, 0.25) is 0 Å². The summed E-state index contributed by atoms with van der Waals surface area (Å²) in [7, 11) is 0. The van der Waals surface area contributed by atoms with Crippen LogP contribution in [0.1, 0.15) is 5.56 Å². The maximum atomic E-state index is 14.0. The van der Waals surface area contributed by atoms with Crippen LogP contribution in [-0.2, 0) is 6.54 Å². The molecule has 30 heavy (non-hydrogen) atoms. The van der Waals surface area contributed by atoms with Gasteiger partial charge >= 0.3 is 6.03 Å². The molecule has 11 heteroatoms. The average molecular weight is 444 g/mol. The third-order valence-corrected chi connectivity index (χ3v) is 5.94. The zero-order valence-electron chi connectivity index (χ0n) is 15.2. The number of amides is 2. The highest BCUT2D eigenvalue weighted by Crippen LogP contribution is 2.38. The van der Waals surface area contributed by atoms with E-state index in [1.807, 2.05) is 6.07 Å². The largest absolute Gasteiger partial charge is 0.382 e. The Balaban J connectivity index is 1.46. The minimum atomic E-state index is -0.697. The molecule has 0 aliphatic heterocycles. The van der Waals surface area contributed by atoms with E-state index in [1.54, 1.807) is 23.8 Å². The van der Waals surface area contributed by atoms with Crippen molar-refractivity contribution in [1.82, 2.24) is 20.3 Å². The molecule has 0 bridgehead atoms. The van der Waals surface area contributed by atoms with Crippen LogP contribution in [0.25, 0.3) is 21.1 Å². The summed E-state index contributed by atoms with van der Waals surface area (Å²) in [6.07, 6.45) is 3.31. The maximum absolute atomic E-state index is 14.0. The number of rotatable bonds is 5. The van der Waals surface area contributed by atoms with E-state index in [0.29, 0.717) is 27.3 Å². The second-order valence-corrected chi connectivity index (χ2v) is 7.92. The zero-order chi connectivity index (χ0) is 21.1. The van der Waals surface area contributed by atoms with Gasteiger partial charge in [-0.3, -0.25) is 10.3 Å². The van der Waals surface area contributed by atoms with Crippen LogP contribution in [0.15, 0.2) is 48.1 Å². The van der Waals surface area contributed by atoms with E-state index < -0.39 is 17.7 Å².